The van der Waals surface area contributed by atoms with Gasteiger partial charge in [0.25, 0.3) is 0 Å². The number of hydrogen-bond donors (Lipinski definition) is 1. The molecule has 9 heteroatoms. The van der Waals surface area contributed by atoms with Crippen molar-refractivity contribution < 1.29 is 13.2 Å². The summed E-state index contributed by atoms with van der Waals surface area (Å²) >= 11 is 5.89. The number of anilines is 1. The zero-order valence-corrected chi connectivity index (χ0v) is 12.7. The van der Waals surface area contributed by atoms with E-state index in [2.05, 4.69) is 20.3 Å². The van der Waals surface area contributed by atoms with Gasteiger partial charge in [-0.2, -0.15) is 13.2 Å². The molecule has 0 radical (unpaired) electrons. The molecule has 120 valence electrons. The Labute approximate surface area is 134 Å². The van der Waals surface area contributed by atoms with Crippen LogP contribution in [0.2, 0.25) is 5.15 Å². The summed E-state index contributed by atoms with van der Waals surface area (Å²) in [4.78, 5) is 11.9. The first-order valence-corrected chi connectivity index (χ1v) is 6.96. The zero-order chi connectivity index (χ0) is 16.6. The van der Waals surface area contributed by atoms with Gasteiger partial charge in [-0.15, -0.1) is 0 Å². The predicted octanol–water partition coefficient (Wildman–Crippen LogP) is 3.66. The second-order valence-electron chi connectivity index (χ2n) is 4.89. The van der Waals surface area contributed by atoms with Crippen LogP contribution in [0.4, 0.5) is 19.1 Å². The second-order valence-corrected chi connectivity index (χ2v) is 5.28. The van der Waals surface area contributed by atoms with Crippen molar-refractivity contribution in [2.75, 3.05) is 11.9 Å². The van der Waals surface area contributed by atoms with E-state index < -0.39 is 12.7 Å². The molecule has 3 aromatic heterocycles. The van der Waals surface area contributed by atoms with E-state index in [1.54, 1.807) is 18.3 Å². The maximum atomic E-state index is 12.3. The Kier molecular flexibility index (Phi) is 3.85. The number of hydrogen-bond acceptors (Lipinski definition) is 4. The summed E-state index contributed by atoms with van der Waals surface area (Å²) < 4.78 is 38.6. The van der Waals surface area contributed by atoms with Crippen LogP contribution in [0.3, 0.4) is 0 Å². The molecule has 0 aromatic carbocycles. The molecule has 1 N–H and O–H groups in total. The molecule has 0 atom stereocenters. The van der Waals surface area contributed by atoms with Gasteiger partial charge >= 0.3 is 6.18 Å². The van der Waals surface area contributed by atoms with Gasteiger partial charge in [-0.05, 0) is 18.2 Å². The van der Waals surface area contributed by atoms with Gasteiger partial charge in [-0.1, -0.05) is 11.6 Å². The molecule has 3 aromatic rings. The van der Waals surface area contributed by atoms with Crippen LogP contribution in [0, 0.1) is 0 Å². The Bertz CT molecular complexity index is 859. The second kappa shape index (κ2) is 5.69. The van der Waals surface area contributed by atoms with E-state index in [0.717, 1.165) is 16.6 Å². The number of alkyl halides is 3. The summed E-state index contributed by atoms with van der Waals surface area (Å²) in [7, 11) is 1.82. The zero-order valence-electron chi connectivity index (χ0n) is 11.9. The molecule has 23 heavy (non-hydrogen) atoms. The minimum absolute atomic E-state index is 0.0822. The normalized spacial score (nSPS) is 11.9. The van der Waals surface area contributed by atoms with Gasteiger partial charge in [-0.25, -0.2) is 15.0 Å². The lowest BCUT2D eigenvalue weighted by Crippen LogP contribution is -2.22. The molecular formula is C14H11ClF3N5. The average molecular weight is 342 g/mol. The molecule has 0 spiro atoms. The fourth-order valence-corrected chi connectivity index (χ4v) is 2.37. The summed E-state index contributed by atoms with van der Waals surface area (Å²) in [5, 5.41) is 3.39. The van der Waals surface area contributed by atoms with Gasteiger partial charge in [0.1, 0.15) is 11.7 Å². The van der Waals surface area contributed by atoms with E-state index in [1.165, 1.54) is 6.20 Å². The topological polar surface area (TPSA) is 55.6 Å². The molecule has 0 unspecified atom stereocenters. The summed E-state index contributed by atoms with van der Waals surface area (Å²) in [6.07, 6.45) is -1.30. The minimum Gasteiger partial charge on any atom is -0.345 e. The molecular weight excluding hydrogens is 331 g/mol. The Morgan fingerprint density at radius 1 is 1.26 bits per heavy atom. The van der Waals surface area contributed by atoms with E-state index in [0.29, 0.717) is 10.8 Å². The number of nitrogens with one attached hydrogen (secondary N) is 1. The van der Waals surface area contributed by atoms with Gasteiger partial charge in [0.15, 0.2) is 0 Å². The third-order valence-electron chi connectivity index (χ3n) is 3.26. The van der Waals surface area contributed by atoms with Crippen molar-refractivity contribution in [1.82, 2.24) is 19.5 Å². The molecule has 3 rings (SSSR count). The van der Waals surface area contributed by atoms with Crippen LogP contribution in [0.1, 0.15) is 0 Å². The first-order chi connectivity index (χ1) is 10.8. The quantitative estimate of drug-likeness (QED) is 0.739. The molecule has 0 bridgehead atoms. The third kappa shape index (κ3) is 3.37. The number of rotatable bonds is 3. The Balaban J connectivity index is 1.97. The molecule has 0 amide bonds. The van der Waals surface area contributed by atoms with Crippen molar-refractivity contribution in [1.29, 1.82) is 0 Å². The number of aryl methyl sites for hydroxylation is 1. The fraction of sp³-hybridized carbons (Fsp3) is 0.214. The molecule has 0 saturated heterocycles. The lowest BCUT2D eigenvalue weighted by molar-refractivity contribution is -0.115. The summed E-state index contributed by atoms with van der Waals surface area (Å²) in [6, 6.07) is 5.18. The molecule has 0 aliphatic rings. The number of pyridine rings is 1. The van der Waals surface area contributed by atoms with E-state index in [9.17, 15) is 13.2 Å². The van der Waals surface area contributed by atoms with E-state index in [1.807, 2.05) is 17.7 Å². The molecule has 0 aliphatic heterocycles. The Morgan fingerprint density at radius 3 is 2.78 bits per heavy atom. The summed E-state index contributed by atoms with van der Waals surface area (Å²) in [5.74, 6) is -0.0822. The van der Waals surface area contributed by atoms with Crippen molar-refractivity contribution >= 4 is 28.5 Å². The van der Waals surface area contributed by atoms with Crippen molar-refractivity contribution in [3.8, 4) is 11.4 Å². The number of aromatic nitrogens is 4. The van der Waals surface area contributed by atoms with Crippen LogP contribution in [-0.4, -0.2) is 32.2 Å². The molecule has 0 aliphatic carbocycles. The van der Waals surface area contributed by atoms with Crippen molar-refractivity contribution in [2.24, 2.45) is 7.05 Å². The molecule has 3 heterocycles. The number of halogens is 4. The van der Waals surface area contributed by atoms with Gasteiger partial charge < -0.3 is 9.88 Å². The summed E-state index contributed by atoms with van der Waals surface area (Å²) in [6.45, 7) is -1.19. The monoisotopic (exact) mass is 341 g/mol. The Hall–Kier alpha value is -2.35. The lowest BCUT2D eigenvalue weighted by atomic mass is 10.3. The first-order valence-electron chi connectivity index (χ1n) is 6.58. The van der Waals surface area contributed by atoms with Crippen LogP contribution in [-0.2, 0) is 7.05 Å². The van der Waals surface area contributed by atoms with Crippen LogP contribution in [0.25, 0.3) is 22.3 Å². The van der Waals surface area contributed by atoms with Crippen LogP contribution >= 0.6 is 11.6 Å². The summed E-state index contributed by atoms with van der Waals surface area (Å²) in [5.41, 5.74) is 2.07. The standard InChI is InChI=1S/C14H11ClF3N5/c1-23-10-5-12(15)20-6-8(10)4-11(23)9-2-3-19-13(22-9)21-7-14(16,17)18/h2-6H,7H2,1H3,(H,19,21,22). The lowest BCUT2D eigenvalue weighted by Gasteiger charge is -2.09. The van der Waals surface area contributed by atoms with E-state index in [4.69, 9.17) is 11.6 Å². The van der Waals surface area contributed by atoms with Crippen molar-refractivity contribution in [2.45, 2.75) is 6.18 Å². The highest BCUT2D eigenvalue weighted by Crippen LogP contribution is 2.27. The van der Waals surface area contributed by atoms with Crippen molar-refractivity contribution in [3.05, 3.63) is 35.7 Å². The molecule has 0 fully saturated rings. The maximum absolute atomic E-state index is 12.3. The van der Waals surface area contributed by atoms with Gasteiger partial charge in [0.2, 0.25) is 5.95 Å². The van der Waals surface area contributed by atoms with Gasteiger partial charge in [-0.3, -0.25) is 0 Å². The maximum Gasteiger partial charge on any atom is 0.405 e. The SMILES string of the molecule is Cn1c(-c2ccnc(NCC(F)(F)F)n2)cc2cnc(Cl)cc21. The van der Waals surface area contributed by atoms with Crippen LogP contribution in [0.5, 0.6) is 0 Å². The van der Waals surface area contributed by atoms with Gasteiger partial charge in [0.05, 0.1) is 16.9 Å². The fourth-order valence-electron chi connectivity index (χ4n) is 2.22. The van der Waals surface area contributed by atoms with Gasteiger partial charge in [0, 0.05) is 24.8 Å². The molecule has 0 saturated carbocycles. The Morgan fingerprint density at radius 2 is 2.04 bits per heavy atom. The predicted molar refractivity (Wildman–Crippen MR) is 81.3 cm³/mol. The minimum atomic E-state index is -4.33. The number of fused-ring (bicyclic) bond motifs is 1. The largest absolute Gasteiger partial charge is 0.405 e. The average Bonchev–Trinajstić information content (AvgIpc) is 2.82. The third-order valence-corrected chi connectivity index (χ3v) is 3.47. The molecule has 5 nitrogen and oxygen atoms in total. The first kappa shape index (κ1) is 15.5. The number of nitrogens with zero attached hydrogens (tertiary/aromatic N) is 4. The smallest absolute Gasteiger partial charge is 0.345 e. The van der Waals surface area contributed by atoms with Crippen LogP contribution < -0.4 is 5.32 Å². The van der Waals surface area contributed by atoms with E-state index >= 15 is 0 Å². The highest BCUT2D eigenvalue weighted by atomic mass is 35.5. The van der Waals surface area contributed by atoms with E-state index in [-0.39, 0.29) is 5.95 Å². The van der Waals surface area contributed by atoms with Crippen LogP contribution in [0.15, 0.2) is 30.6 Å². The highest BCUT2D eigenvalue weighted by Gasteiger charge is 2.27. The van der Waals surface area contributed by atoms with Crippen molar-refractivity contribution in [3.63, 3.8) is 0 Å². The highest BCUT2D eigenvalue weighted by molar-refractivity contribution is 6.30.